The Bertz CT molecular complexity index is 710. The second-order valence-corrected chi connectivity index (χ2v) is 9.21. The van der Waals surface area contributed by atoms with E-state index in [1.165, 1.54) is 7.14 Å². The maximum Gasteiger partial charge on any atom is 0.394 e. The normalized spacial score (nSPS) is 10.8. The predicted molar refractivity (Wildman–Crippen MR) is 84.5 cm³/mol. The first-order chi connectivity index (χ1) is 10.1. The summed E-state index contributed by atoms with van der Waals surface area (Å²) in [7, 11) is -4.67. The summed E-state index contributed by atoms with van der Waals surface area (Å²) in [6, 6.07) is 11.4. The van der Waals surface area contributed by atoms with Gasteiger partial charge in [-0.05, 0) is 24.3 Å². The molecule has 0 spiro atoms. The Morgan fingerprint density at radius 1 is 0.727 bits per heavy atom. The van der Waals surface area contributed by atoms with Crippen LogP contribution in [0, 0.1) is 7.14 Å². The Labute approximate surface area is 158 Å². The molecule has 2 rings (SSSR count). The molecule has 0 aromatic heterocycles. The summed E-state index contributed by atoms with van der Waals surface area (Å²) < 4.78 is 34.0. The summed E-state index contributed by atoms with van der Waals surface area (Å²) in [5.74, 6) is 0. The first-order valence-electron chi connectivity index (χ1n) is 5.31. The van der Waals surface area contributed by atoms with Crippen molar-refractivity contribution in [1.82, 2.24) is 0 Å². The Morgan fingerprint density at radius 2 is 1.05 bits per heavy atom. The molecule has 2 aromatic rings. The Kier molecular flexibility index (Phi) is 8.18. The van der Waals surface area contributed by atoms with E-state index in [-0.39, 0.29) is 21.2 Å². The molecule has 0 amide bonds. The molecule has 4 nitrogen and oxygen atoms in total. The maximum absolute atomic E-state index is 8.74. The van der Waals surface area contributed by atoms with Gasteiger partial charge in [0, 0.05) is 12.1 Å². The van der Waals surface area contributed by atoms with E-state index >= 15 is 0 Å². The number of halogens is 5. The topological polar surface area (TPSA) is 74.6 Å². The van der Waals surface area contributed by atoms with E-state index < -0.39 is 10.4 Å². The molecule has 0 saturated heterocycles. The van der Waals surface area contributed by atoms with Crippen molar-refractivity contribution >= 4 is 56.8 Å². The van der Waals surface area contributed by atoms with E-state index in [1.54, 1.807) is 0 Å². The average Bonchev–Trinajstić information content (AvgIpc) is 2.36. The summed E-state index contributed by atoms with van der Waals surface area (Å²) in [4.78, 5) is 0. The lowest BCUT2D eigenvalue weighted by Crippen LogP contribution is -3.61. The third kappa shape index (κ3) is 8.16. The number of hydrogen-bond donors (Lipinski definition) is 2. The fourth-order valence-electron chi connectivity index (χ4n) is 1.18. The van der Waals surface area contributed by atoms with E-state index in [4.69, 9.17) is 63.9 Å². The van der Waals surface area contributed by atoms with E-state index in [0.29, 0.717) is 20.1 Å². The van der Waals surface area contributed by atoms with Crippen molar-refractivity contribution in [3.05, 3.63) is 63.6 Å². The van der Waals surface area contributed by atoms with Crippen LogP contribution in [0.1, 0.15) is 0 Å². The lowest BCUT2D eigenvalue weighted by Gasteiger charge is -1.94. The molecule has 22 heavy (non-hydrogen) atoms. The van der Waals surface area contributed by atoms with E-state index in [0.717, 1.165) is 0 Å². The largest absolute Gasteiger partial charge is 0.394 e. The van der Waals surface area contributed by atoms with Crippen LogP contribution >= 0.6 is 46.4 Å². The van der Waals surface area contributed by atoms with Crippen molar-refractivity contribution < 1.29 is 38.7 Å². The fourth-order valence-corrected chi connectivity index (χ4v) is 4.52. The van der Waals surface area contributed by atoms with Crippen molar-refractivity contribution in [1.29, 1.82) is 0 Å². The van der Waals surface area contributed by atoms with Gasteiger partial charge in [0.2, 0.25) is 0 Å². The highest BCUT2D eigenvalue weighted by Crippen LogP contribution is 2.21. The zero-order valence-electron chi connectivity index (χ0n) is 10.5. The third-order valence-corrected chi connectivity index (χ3v) is 6.05. The van der Waals surface area contributed by atoms with Gasteiger partial charge in [-0.2, -0.15) is 8.42 Å². The van der Waals surface area contributed by atoms with Gasteiger partial charge in [0.1, 0.15) is 0 Å². The summed E-state index contributed by atoms with van der Waals surface area (Å²) >= 11 is 23.4. The average molecular weight is 517 g/mol. The second kappa shape index (κ2) is 8.89. The van der Waals surface area contributed by atoms with Crippen molar-refractivity contribution in [3.63, 3.8) is 0 Å². The van der Waals surface area contributed by atoms with Crippen molar-refractivity contribution in [3.8, 4) is 0 Å². The molecule has 0 bridgehead atoms. The van der Waals surface area contributed by atoms with Crippen molar-refractivity contribution in [2.75, 3.05) is 0 Å². The minimum atomic E-state index is -4.67. The SMILES string of the molecule is Clc1ccc([I+]c2ccc(Cl)c(Cl)c2)cc1Cl.O=S(=O)(O)O. The summed E-state index contributed by atoms with van der Waals surface area (Å²) in [6.45, 7) is 0. The van der Waals surface area contributed by atoms with E-state index in [9.17, 15) is 0 Å². The molecule has 0 saturated carbocycles. The third-order valence-electron chi connectivity index (χ3n) is 1.98. The smallest absolute Gasteiger partial charge is 0.264 e. The van der Waals surface area contributed by atoms with Gasteiger partial charge in [0.25, 0.3) is 0 Å². The van der Waals surface area contributed by atoms with Gasteiger partial charge in [-0.15, -0.1) is 0 Å². The van der Waals surface area contributed by atoms with Gasteiger partial charge in [-0.25, -0.2) is 0 Å². The van der Waals surface area contributed by atoms with Gasteiger partial charge in [0.05, 0.1) is 20.1 Å². The summed E-state index contributed by atoms with van der Waals surface area (Å²) in [6.07, 6.45) is 0. The number of rotatable bonds is 2. The minimum Gasteiger partial charge on any atom is -0.264 e. The standard InChI is InChI=1S/C12H6Cl4I.H2O4S/c13-9-3-1-7(5-11(9)15)17-8-2-4-10(14)12(16)6-8;1-5(2,3)4/h1-6H;(H2,1,2,3,4)/q+1;. The quantitative estimate of drug-likeness (QED) is 0.362. The molecule has 120 valence electrons. The molecule has 0 radical (unpaired) electrons. The van der Waals surface area contributed by atoms with Crippen LogP contribution in [0.4, 0.5) is 0 Å². The van der Waals surface area contributed by atoms with Crippen LogP contribution in [0.2, 0.25) is 20.1 Å². The Hall–Kier alpha value is 0.200. The predicted octanol–water partition coefficient (Wildman–Crippen LogP) is 1.78. The van der Waals surface area contributed by atoms with Gasteiger partial charge >= 0.3 is 31.6 Å². The molecular weight excluding hydrogens is 509 g/mol. The van der Waals surface area contributed by atoms with Crippen LogP contribution < -0.4 is 21.2 Å². The van der Waals surface area contributed by atoms with Gasteiger partial charge in [-0.1, -0.05) is 46.4 Å². The zero-order valence-corrected chi connectivity index (χ0v) is 16.5. The van der Waals surface area contributed by atoms with Crippen LogP contribution in [0.15, 0.2) is 36.4 Å². The van der Waals surface area contributed by atoms with Gasteiger partial charge in [0.15, 0.2) is 7.14 Å². The van der Waals surface area contributed by atoms with Crippen LogP contribution in [0.5, 0.6) is 0 Å². The first-order valence-corrected chi connectivity index (χ1v) is 10.4. The van der Waals surface area contributed by atoms with Crippen LogP contribution in [0.25, 0.3) is 0 Å². The molecule has 0 aliphatic heterocycles. The lowest BCUT2D eigenvalue weighted by molar-refractivity contribution is -0.597. The molecule has 2 N–H and O–H groups in total. The van der Waals surface area contributed by atoms with E-state index in [1.807, 2.05) is 36.4 Å². The Morgan fingerprint density at radius 3 is 1.32 bits per heavy atom. The molecule has 0 atom stereocenters. The fraction of sp³-hybridized carbons (Fsp3) is 0. The molecule has 2 aromatic carbocycles. The maximum atomic E-state index is 8.74. The molecule has 10 heteroatoms. The second-order valence-electron chi connectivity index (χ2n) is 3.66. The molecule has 0 aliphatic carbocycles. The zero-order chi connectivity index (χ0) is 16.9. The summed E-state index contributed by atoms with van der Waals surface area (Å²) in [5, 5.41) is 2.33. The highest BCUT2D eigenvalue weighted by Gasteiger charge is 2.17. The highest BCUT2D eigenvalue weighted by atomic mass is 127. The van der Waals surface area contributed by atoms with Crippen molar-refractivity contribution in [2.45, 2.75) is 0 Å². The molecule has 0 fully saturated rings. The molecule has 0 unspecified atom stereocenters. The minimum absolute atomic E-state index is 0.317. The molecule has 0 heterocycles. The van der Waals surface area contributed by atoms with E-state index in [2.05, 4.69) is 0 Å². The van der Waals surface area contributed by atoms with Crippen LogP contribution in [-0.4, -0.2) is 17.5 Å². The highest BCUT2D eigenvalue weighted by molar-refractivity contribution is 7.79. The summed E-state index contributed by atoms with van der Waals surface area (Å²) in [5.41, 5.74) is 0. The van der Waals surface area contributed by atoms with Crippen LogP contribution in [0.3, 0.4) is 0 Å². The van der Waals surface area contributed by atoms with Crippen molar-refractivity contribution in [2.24, 2.45) is 0 Å². The van der Waals surface area contributed by atoms with Gasteiger partial charge in [-0.3, -0.25) is 9.11 Å². The van der Waals surface area contributed by atoms with Crippen LogP contribution in [-0.2, 0) is 10.4 Å². The number of hydrogen-bond acceptors (Lipinski definition) is 2. The Balaban J connectivity index is 0.000000422. The number of benzene rings is 2. The molecular formula is C12H8Cl4IO4S+. The van der Waals surface area contributed by atoms with Gasteiger partial charge < -0.3 is 0 Å². The monoisotopic (exact) mass is 515 g/mol. The molecule has 0 aliphatic rings. The lowest BCUT2D eigenvalue weighted by atomic mass is 10.4. The first kappa shape index (κ1) is 20.2.